The molecule has 6 nitrogen and oxygen atoms in total. The smallest absolute Gasteiger partial charge is 0.229 e. The fourth-order valence-corrected chi connectivity index (χ4v) is 5.56. The Kier molecular flexibility index (Phi) is 7.71. The van der Waals surface area contributed by atoms with Gasteiger partial charge in [0.25, 0.3) is 0 Å². The number of likely N-dealkylation sites (tertiary alicyclic amines) is 1. The van der Waals surface area contributed by atoms with Crippen LogP contribution in [0.25, 0.3) is 0 Å². The zero-order valence-electron chi connectivity index (χ0n) is 19.5. The van der Waals surface area contributed by atoms with Crippen molar-refractivity contribution in [1.82, 2.24) is 9.80 Å². The van der Waals surface area contributed by atoms with Gasteiger partial charge in [-0.25, -0.2) is 0 Å². The Morgan fingerprint density at radius 2 is 1.78 bits per heavy atom. The van der Waals surface area contributed by atoms with Crippen LogP contribution in [0.2, 0.25) is 0 Å². The van der Waals surface area contributed by atoms with Crippen LogP contribution in [0.1, 0.15) is 57.4 Å². The van der Waals surface area contributed by atoms with Crippen molar-refractivity contribution in [3.05, 3.63) is 29.8 Å². The molecule has 1 aromatic rings. The molecule has 32 heavy (non-hydrogen) atoms. The molecule has 4 rings (SSSR count). The maximum atomic E-state index is 13.7. The number of hydrogen-bond donors (Lipinski definition) is 0. The molecule has 0 atom stereocenters. The Balaban J connectivity index is 1.45. The van der Waals surface area contributed by atoms with Crippen molar-refractivity contribution >= 4 is 11.8 Å². The summed E-state index contributed by atoms with van der Waals surface area (Å²) in [4.78, 5) is 30.7. The van der Waals surface area contributed by atoms with E-state index in [1.54, 1.807) is 0 Å². The molecule has 0 saturated carbocycles. The number of amides is 2. The monoisotopic (exact) mass is 442 g/mol. The third kappa shape index (κ3) is 5.11. The van der Waals surface area contributed by atoms with E-state index in [0.717, 1.165) is 57.1 Å². The lowest BCUT2D eigenvalue weighted by Crippen LogP contribution is -2.53. The van der Waals surface area contributed by atoms with E-state index in [2.05, 4.69) is 19.1 Å². The highest BCUT2D eigenvalue weighted by Gasteiger charge is 2.44. The highest BCUT2D eigenvalue weighted by atomic mass is 16.5. The number of hydrogen-bond acceptors (Lipinski definition) is 4. The van der Waals surface area contributed by atoms with Gasteiger partial charge in [-0.15, -0.1) is 0 Å². The van der Waals surface area contributed by atoms with Gasteiger partial charge in [0.05, 0.1) is 12.0 Å². The second-order valence-corrected chi connectivity index (χ2v) is 9.54. The van der Waals surface area contributed by atoms with Crippen LogP contribution < -0.4 is 4.74 Å². The minimum atomic E-state index is -0.346. The van der Waals surface area contributed by atoms with Gasteiger partial charge in [-0.05, 0) is 63.5 Å². The summed E-state index contributed by atoms with van der Waals surface area (Å²) in [5.41, 5.74) is 0.912. The van der Waals surface area contributed by atoms with Crippen LogP contribution in [0.4, 0.5) is 0 Å². The second-order valence-electron chi connectivity index (χ2n) is 9.54. The molecule has 0 N–H and O–H groups in total. The normalized spacial score (nSPS) is 23.1. The lowest BCUT2D eigenvalue weighted by molar-refractivity contribution is -0.151. The van der Waals surface area contributed by atoms with Gasteiger partial charge in [0.2, 0.25) is 11.8 Å². The summed E-state index contributed by atoms with van der Waals surface area (Å²) in [6.07, 6.45) is 7.15. The molecule has 0 radical (unpaired) electrons. The summed E-state index contributed by atoms with van der Waals surface area (Å²) >= 11 is 0. The largest absolute Gasteiger partial charge is 0.491 e. The average molecular weight is 443 g/mol. The first-order valence-corrected chi connectivity index (χ1v) is 12.5. The van der Waals surface area contributed by atoms with Crippen molar-refractivity contribution in [3.8, 4) is 5.75 Å². The summed E-state index contributed by atoms with van der Waals surface area (Å²) < 4.78 is 11.5. The van der Waals surface area contributed by atoms with Crippen molar-refractivity contribution < 1.29 is 19.1 Å². The van der Waals surface area contributed by atoms with Crippen LogP contribution in [0.3, 0.4) is 0 Å². The number of nitrogens with zero attached hydrogens (tertiary/aromatic N) is 2. The predicted octanol–water partition coefficient (Wildman–Crippen LogP) is 3.68. The fraction of sp³-hybridized carbons (Fsp3) is 0.692. The van der Waals surface area contributed by atoms with Gasteiger partial charge in [0.15, 0.2) is 0 Å². The van der Waals surface area contributed by atoms with Crippen LogP contribution in [-0.2, 0) is 20.7 Å². The van der Waals surface area contributed by atoms with E-state index >= 15 is 0 Å². The minimum absolute atomic E-state index is 0.0918. The van der Waals surface area contributed by atoms with E-state index in [4.69, 9.17) is 9.47 Å². The summed E-state index contributed by atoms with van der Waals surface area (Å²) in [5, 5.41) is 0. The van der Waals surface area contributed by atoms with Gasteiger partial charge in [-0.2, -0.15) is 0 Å². The molecule has 176 valence electrons. The van der Waals surface area contributed by atoms with E-state index < -0.39 is 0 Å². The summed E-state index contributed by atoms with van der Waals surface area (Å²) in [6.45, 7) is 6.62. The standard InChI is InChI=1S/C26H38N2O4/c1-2-27-17-20-32-23-9-4-3-7-21(23)8-5-6-12-26(25(27)30)13-15-28(16-14-26)24(29)22-10-18-31-19-11-22/h3-4,7,9,22H,2,5-6,8,10-20H2,1H3. The molecule has 2 fully saturated rings. The average Bonchev–Trinajstić information content (AvgIpc) is 2.85. The quantitative estimate of drug-likeness (QED) is 0.701. The molecule has 0 aliphatic carbocycles. The van der Waals surface area contributed by atoms with Gasteiger partial charge in [0, 0.05) is 38.8 Å². The summed E-state index contributed by atoms with van der Waals surface area (Å²) in [6, 6.07) is 8.27. The fourth-order valence-electron chi connectivity index (χ4n) is 5.56. The number of ether oxygens (including phenoxy) is 2. The molecule has 0 aromatic heterocycles. The van der Waals surface area contributed by atoms with Crippen molar-refractivity contribution in [1.29, 1.82) is 0 Å². The molecule has 1 aromatic carbocycles. The van der Waals surface area contributed by atoms with Crippen LogP contribution in [0.15, 0.2) is 24.3 Å². The lowest BCUT2D eigenvalue weighted by Gasteiger charge is -2.44. The second kappa shape index (κ2) is 10.7. The number of aryl methyl sites for hydroxylation is 1. The van der Waals surface area contributed by atoms with Crippen LogP contribution in [0.5, 0.6) is 5.75 Å². The number of carbonyl (C=O) groups is 2. The molecule has 3 aliphatic heterocycles. The van der Waals surface area contributed by atoms with E-state index in [-0.39, 0.29) is 23.1 Å². The zero-order chi connectivity index (χ0) is 22.4. The number of rotatable bonds is 2. The SMILES string of the molecule is CCN1CCOc2ccccc2CCCCC2(CCN(C(=O)C3CCOCC3)CC2)C1=O. The van der Waals surface area contributed by atoms with Gasteiger partial charge >= 0.3 is 0 Å². The highest BCUT2D eigenvalue weighted by Crippen LogP contribution is 2.40. The first kappa shape index (κ1) is 23.1. The molecular weight excluding hydrogens is 404 g/mol. The first-order valence-electron chi connectivity index (χ1n) is 12.5. The Morgan fingerprint density at radius 3 is 2.53 bits per heavy atom. The van der Waals surface area contributed by atoms with Gasteiger partial charge in [-0.3, -0.25) is 9.59 Å². The molecule has 2 saturated heterocycles. The predicted molar refractivity (Wildman–Crippen MR) is 124 cm³/mol. The number of carbonyl (C=O) groups excluding carboxylic acids is 2. The molecule has 2 amide bonds. The van der Waals surface area contributed by atoms with Gasteiger partial charge < -0.3 is 19.3 Å². The summed E-state index contributed by atoms with van der Waals surface area (Å²) in [5.74, 6) is 1.57. The molecule has 3 heterocycles. The van der Waals surface area contributed by atoms with Crippen molar-refractivity contribution in [2.24, 2.45) is 11.3 Å². The van der Waals surface area contributed by atoms with Crippen LogP contribution in [-0.4, -0.2) is 67.6 Å². The van der Waals surface area contributed by atoms with Crippen molar-refractivity contribution in [3.63, 3.8) is 0 Å². The number of piperidine rings is 1. The molecule has 3 aliphatic rings. The topological polar surface area (TPSA) is 59.1 Å². The maximum Gasteiger partial charge on any atom is 0.229 e. The molecule has 0 bridgehead atoms. The number of fused-ring (bicyclic) bond motifs is 1. The maximum absolute atomic E-state index is 13.7. The Bertz CT molecular complexity index is 782. The third-order valence-electron chi connectivity index (χ3n) is 7.67. The van der Waals surface area contributed by atoms with Crippen LogP contribution >= 0.6 is 0 Å². The van der Waals surface area contributed by atoms with Gasteiger partial charge in [0.1, 0.15) is 12.4 Å². The van der Waals surface area contributed by atoms with Crippen molar-refractivity contribution in [2.45, 2.75) is 58.3 Å². The summed E-state index contributed by atoms with van der Waals surface area (Å²) in [7, 11) is 0. The number of likely N-dealkylation sites (N-methyl/N-ethyl adjacent to an activating group) is 1. The zero-order valence-corrected chi connectivity index (χ0v) is 19.5. The third-order valence-corrected chi connectivity index (χ3v) is 7.67. The van der Waals surface area contributed by atoms with Crippen LogP contribution in [0, 0.1) is 11.3 Å². The van der Waals surface area contributed by atoms with E-state index in [1.165, 1.54) is 5.56 Å². The van der Waals surface area contributed by atoms with E-state index in [1.807, 2.05) is 21.9 Å². The number of benzene rings is 1. The molecule has 6 heteroatoms. The first-order chi connectivity index (χ1) is 15.6. The molecule has 0 unspecified atom stereocenters. The molecular formula is C26H38N2O4. The van der Waals surface area contributed by atoms with E-state index in [9.17, 15) is 9.59 Å². The molecule has 1 spiro atoms. The Morgan fingerprint density at radius 1 is 1.03 bits per heavy atom. The number of para-hydroxylation sites is 1. The Hall–Kier alpha value is -2.08. The highest BCUT2D eigenvalue weighted by molar-refractivity contribution is 5.84. The van der Waals surface area contributed by atoms with Crippen molar-refractivity contribution in [2.75, 3.05) is 46.0 Å². The Labute approximate surface area is 192 Å². The van der Waals surface area contributed by atoms with Gasteiger partial charge in [-0.1, -0.05) is 24.6 Å². The lowest BCUT2D eigenvalue weighted by atomic mass is 9.72. The minimum Gasteiger partial charge on any atom is -0.491 e. The van der Waals surface area contributed by atoms with E-state index in [0.29, 0.717) is 46.0 Å².